The Bertz CT molecular complexity index is 728. The van der Waals surface area contributed by atoms with E-state index in [1.54, 1.807) is 10.7 Å². The van der Waals surface area contributed by atoms with Gasteiger partial charge < -0.3 is 0 Å². The van der Waals surface area contributed by atoms with Gasteiger partial charge in [0.1, 0.15) is 0 Å². The van der Waals surface area contributed by atoms with Crippen molar-refractivity contribution in [3.63, 3.8) is 0 Å². The van der Waals surface area contributed by atoms with Gasteiger partial charge in [-0.05, 0) is 18.1 Å². The number of nitrogens with one attached hydrogen (secondary N) is 1. The van der Waals surface area contributed by atoms with Gasteiger partial charge >= 0.3 is 0 Å². The van der Waals surface area contributed by atoms with E-state index < -0.39 is 9.73 Å². The largest absolute Gasteiger partial charge is 0.253 e. The number of nitrogens with zero attached hydrogens (tertiary/aromatic N) is 3. The molecule has 0 saturated carbocycles. The molecule has 0 saturated heterocycles. The van der Waals surface area contributed by atoms with Crippen LogP contribution < -0.4 is 0 Å². The normalized spacial score (nSPS) is 14.0. The molecule has 0 radical (unpaired) electrons. The highest BCUT2D eigenvalue weighted by Crippen LogP contribution is 2.25. The summed E-state index contributed by atoms with van der Waals surface area (Å²) in [4.78, 5) is 0. The van der Waals surface area contributed by atoms with Crippen molar-refractivity contribution in [3.8, 4) is 0 Å². The van der Waals surface area contributed by atoms with Gasteiger partial charge in [0.2, 0.25) is 0 Å². The predicted molar refractivity (Wildman–Crippen MR) is 85.5 cm³/mol. The Hall–Kier alpha value is -1.11. The minimum atomic E-state index is -2.49. The number of hydrogen-bond acceptors (Lipinski definition) is 4. The Morgan fingerprint density at radius 3 is 2.81 bits per heavy atom. The SMILES string of the molecule is CS(=N)(=O)CCc1cn(CCc2cccc(Cl)c2Cl)nn1. The minimum absolute atomic E-state index is 0.297. The molecule has 5 nitrogen and oxygen atoms in total. The van der Waals surface area contributed by atoms with Gasteiger partial charge in [0.25, 0.3) is 0 Å². The van der Waals surface area contributed by atoms with Crippen LogP contribution in [0.5, 0.6) is 0 Å². The zero-order chi connectivity index (χ0) is 15.5. The molecule has 0 fully saturated rings. The molecule has 1 N–H and O–H groups in total. The molecule has 0 amide bonds. The molecule has 0 bridgehead atoms. The highest BCUT2D eigenvalue weighted by atomic mass is 35.5. The van der Waals surface area contributed by atoms with Gasteiger partial charge in [-0.3, -0.25) is 13.7 Å². The van der Waals surface area contributed by atoms with Crippen LogP contribution in [0.25, 0.3) is 0 Å². The van der Waals surface area contributed by atoms with E-state index in [9.17, 15) is 4.21 Å². The Labute approximate surface area is 134 Å². The van der Waals surface area contributed by atoms with Crippen molar-refractivity contribution in [2.24, 2.45) is 0 Å². The summed E-state index contributed by atoms with van der Waals surface area (Å²) in [7, 11) is -2.49. The molecule has 1 aromatic carbocycles. The zero-order valence-corrected chi connectivity index (χ0v) is 13.9. The number of aryl methyl sites for hydroxylation is 3. The summed E-state index contributed by atoms with van der Waals surface area (Å²) in [6.45, 7) is 0.634. The van der Waals surface area contributed by atoms with Gasteiger partial charge in [0, 0.05) is 40.9 Å². The monoisotopic (exact) mass is 346 g/mol. The molecule has 21 heavy (non-hydrogen) atoms. The van der Waals surface area contributed by atoms with Crippen LogP contribution in [-0.4, -0.2) is 31.2 Å². The number of benzene rings is 1. The summed E-state index contributed by atoms with van der Waals surface area (Å²) in [5, 5.41) is 9.15. The van der Waals surface area contributed by atoms with Crippen LogP contribution in [0.1, 0.15) is 11.3 Å². The van der Waals surface area contributed by atoms with E-state index in [0.29, 0.717) is 35.2 Å². The Morgan fingerprint density at radius 2 is 2.10 bits per heavy atom. The molecule has 0 aliphatic heterocycles. The molecule has 0 spiro atoms. The van der Waals surface area contributed by atoms with E-state index >= 15 is 0 Å². The van der Waals surface area contributed by atoms with Crippen LogP contribution in [0.15, 0.2) is 24.4 Å². The van der Waals surface area contributed by atoms with Gasteiger partial charge in [-0.1, -0.05) is 40.5 Å². The Balaban J connectivity index is 1.95. The maximum absolute atomic E-state index is 11.3. The lowest BCUT2D eigenvalue weighted by atomic mass is 10.1. The van der Waals surface area contributed by atoms with Crippen LogP contribution in [0, 0.1) is 4.78 Å². The van der Waals surface area contributed by atoms with Crippen molar-refractivity contribution in [3.05, 3.63) is 45.7 Å². The maximum Gasteiger partial charge on any atom is 0.0836 e. The second-order valence-corrected chi connectivity index (χ2v) is 8.10. The molecule has 2 aromatic rings. The third kappa shape index (κ3) is 4.98. The molecule has 2 rings (SSSR count). The predicted octanol–water partition coefficient (Wildman–Crippen LogP) is 3.05. The average molecular weight is 347 g/mol. The summed E-state index contributed by atoms with van der Waals surface area (Å²) in [6.07, 6.45) is 4.43. The van der Waals surface area contributed by atoms with E-state index in [4.69, 9.17) is 28.0 Å². The summed E-state index contributed by atoms with van der Waals surface area (Å²) < 4.78 is 20.4. The first-order chi connectivity index (χ1) is 9.85. The summed E-state index contributed by atoms with van der Waals surface area (Å²) >= 11 is 12.1. The fourth-order valence-electron chi connectivity index (χ4n) is 1.84. The van der Waals surface area contributed by atoms with E-state index in [1.807, 2.05) is 18.3 Å². The fourth-order valence-corrected chi connectivity index (χ4v) is 2.85. The topological polar surface area (TPSA) is 71.6 Å². The molecular weight excluding hydrogens is 331 g/mol. The van der Waals surface area contributed by atoms with Gasteiger partial charge in [-0.2, -0.15) is 0 Å². The second kappa shape index (κ2) is 6.77. The van der Waals surface area contributed by atoms with Crippen LogP contribution in [-0.2, 0) is 29.1 Å². The molecule has 1 aromatic heterocycles. The number of aromatic nitrogens is 3. The summed E-state index contributed by atoms with van der Waals surface area (Å²) in [5.74, 6) is 0.297. The highest BCUT2D eigenvalue weighted by molar-refractivity contribution is 7.91. The van der Waals surface area contributed by atoms with Crippen molar-refractivity contribution in [2.45, 2.75) is 19.4 Å². The second-order valence-electron chi connectivity index (χ2n) is 4.90. The van der Waals surface area contributed by atoms with Crippen molar-refractivity contribution in [1.82, 2.24) is 15.0 Å². The number of hydrogen-bond donors (Lipinski definition) is 1. The lowest BCUT2D eigenvalue weighted by Crippen LogP contribution is -2.04. The van der Waals surface area contributed by atoms with Crippen molar-refractivity contribution >= 4 is 32.9 Å². The van der Waals surface area contributed by atoms with Crippen LogP contribution in [0.4, 0.5) is 0 Å². The standard InChI is InChI=1S/C13H16Cl2N4OS/c1-21(16,20)8-6-11-9-19(18-17-11)7-5-10-3-2-4-12(14)13(10)15/h2-4,9,16H,5-8H2,1H3. The summed E-state index contributed by atoms with van der Waals surface area (Å²) in [5.41, 5.74) is 1.71. The van der Waals surface area contributed by atoms with Gasteiger partial charge in [-0.15, -0.1) is 5.10 Å². The van der Waals surface area contributed by atoms with Gasteiger partial charge in [0.05, 0.1) is 15.7 Å². The molecule has 1 atom stereocenters. The van der Waals surface area contributed by atoms with E-state index in [0.717, 1.165) is 11.3 Å². The number of halogens is 2. The van der Waals surface area contributed by atoms with Crippen LogP contribution in [0.3, 0.4) is 0 Å². The molecule has 114 valence electrons. The van der Waals surface area contributed by atoms with Crippen molar-refractivity contribution < 1.29 is 4.21 Å². The van der Waals surface area contributed by atoms with Gasteiger partial charge in [0.15, 0.2) is 0 Å². The first-order valence-corrected chi connectivity index (χ1v) is 9.27. The smallest absolute Gasteiger partial charge is 0.0836 e. The van der Waals surface area contributed by atoms with Gasteiger partial charge in [-0.25, -0.2) is 0 Å². The average Bonchev–Trinajstić information content (AvgIpc) is 2.85. The minimum Gasteiger partial charge on any atom is -0.253 e. The van der Waals surface area contributed by atoms with Crippen molar-refractivity contribution in [1.29, 1.82) is 4.78 Å². The maximum atomic E-state index is 11.3. The Kier molecular flexibility index (Phi) is 5.24. The lowest BCUT2D eigenvalue weighted by molar-refractivity contribution is 0.589. The van der Waals surface area contributed by atoms with E-state index in [-0.39, 0.29) is 0 Å². The zero-order valence-electron chi connectivity index (χ0n) is 11.6. The third-order valence-electron chi connectivity index (χ3n) is 2.98. The molecule has 8 heteroatoms. The molecule has 0 aliphatic rings. The summed E-state index contributed by atoms with van der Waals surface area (Å²) in [6, 6.07) is 5.55. The Morgan fingerprint density at radius 1 is 1.33 bits per heavy atom. The quantitative estimate of drug-likeness (QED) is 0.873. The first-order valence-electron chi connectivity index (χ1n) is 6.38. The highest BCUT2D eigenvalue weighted by Gasteiger charge is 2.07. The molecule has 0 aliphatic carbocycles. The first kappa shape index (κ1) is 16.3. The molecule has 1 unspecified atom stereocenters. The van der Waals surface area contributed by atoms with Crippen molar-refractivity contribution in [2.75, 3.05) is 12.0 Å². The van der Waals surface area contributed by atoms with E-state index in [1.165, 1.54) is 6.26 Å². The third-order valence-corrected chi connectivity index (χ3v) is 4.82. The molecular formula is C13H16Cl2N4OS. The fraction of sp³-hybridized carbons (Fsp3) is 0.385. The van der Waals surface area contributed by atoms with E-state index in [2.05, 4.69) is 10.3 Å². The van der Waals surface area contributed by atoms with Crippen LogP contribution >= 0.6 is 23.2 Å². The molecule has 1 heterocycles. The van der Waals surface area contributed by atoms with Crippen LogP contribution in [0.2, 0.25) is 10.0 Å². The lowest BCUT2D eigenvalue weighted by Gasteiger charge is -2.05. The number of rotatable bonds is 6.